The number of benzene rings is 2. The van der Waals surface area contributed by atoms with Crippen LogP contribution >= 0.6 is 0 Å². The van der Waals surface area contributed by atoms with Gasteiger partial charge in [-0.1, -0.05) is 23.8 Å². The van der Waals surface area contributed by atoms with Gasteiger partial charge in [-0.3, -0.25) is 19.1 Å². The van der Waals surface area contributed by atoms with Gasteiger partial charge < -0.3 is 5.11 Å². The van der Waals surface area contributed by atoms with E-state index in [0.717, 1.165) is 21.3 Å². The van der Waals surface area contributed by atoms with E-state index >= 15 is 0 Å². The summed E-state index contributed by atoms with van der Waals surface area (Å²) in [5.41, 5.74) is 2.37. The van der Waals surface area contributed by atoms with Gasteiger partial charge in [0.05, 0.1) is 40.4 Å². The van der Waals surface area contributed by atoms with Gasteiger partial charge in [0.2, 0.25) is 0 Å². The molecule has 0 bridgehead atoms. The van der Waals surface area contributed by atoms with Gasteiger partial charge in [-0.2, -0.15) is 5.10 Å². The van der Waals surface area contributed by atoms with Gasteiger partial charge in [0.15, 0.2) is 0 Å². The number of anilines is 1. The summed E-state index contributed by atoms with van der Waals surface area (Å²) >= 11 is 0. The Morgan fingerprint density at radius 2 is 1.81 bits per heavy atom. The molecule has 0 radical (unpaired) electrons. The molecule has 2 aromatic carbocycles. The van der Waals surface area contributed by atoms with E-state index < -0.39 is 21.1 Å². The zero-order valence-electron chi connectivity index (χ0n) is 17.5. The number of hydrogen-bond donors (Lipinski definition) is 1. The van der Waals surface area contributed by atoms with Gasteiger partial charge in [-0.25, -0.2) is 8.42 Å². The number of aliphatic hydroxyl groups excluding tert-OH is 1. The van der Waals surface area contributed by atoms with Crippen molar-refractivity contribution in [3.8, 4) is 0 Å². The molecule has 0 spiro atoms. The Labute approximate surface area is 180 Å². The summed E-state index contributed by atoms with van der Waals surface area (Å²) in [5, 5.41) is 26.2. The molecule has 0 aliphatic heterocycles. The second kappa shape index (κ2) is 8.86. The van der Waals surface area contributed by atoms with Crippen LogP contribution < -0.4 is 4.31 Å². The quantitative estimate of drug-likeness (QED) is 0.421. The van der Waals surface area contributed by atoms with Crippen molar-refractivity contribution in [2.24, 2.45) is 0 Å². The van der Waals surface area contributed by atoms with Crippen LogP contribution in [-0.4, -0.2) is 40.9 Å². The van der Waals surface area contributed by atoms with E-state index in [0.29, 0.717) is 0 Å². The summed E-state index contributed by atoms with van der Waals surface area (Å²) in [6.07, 6.45) is -1.10. The maximum atomic E-state index is 13.4. The lowest BCUT2D eigenvalue weighted by atomic mass is 10.2. The lowest BCUT2D eigenvalue weighted by molar-refractivity contribution is -0.384. The Bertz CT molecular complexity index is 1190. The minimum Gasteiger partial charge on any atom is -0.389 e. The Hall–Kier alpha value is -3.24. The minimum absolute atomic E-state index is 0.0305. The number of hydrogen-bond acceptors (Lipinski definition) is 6. The number of aromatic nitrogens is 2. The Kier molecular flexibility index (Phi) is 6.42. The largest absolute Gasteiger partial charge is 0.389 e. The number of nitrogens with zero attached hydrogens (tertiary/aromatic N) is 4. The van der Waals surface area contributed by atoms with Crippen molar-refractivity contribution < 1.29 is 18.4 Å². The monoisotopic (exact) mass is 444 g/mol. The van der Waals surface area contributed by atoms with E-state index in [1.165, 1.54) is 36.4 Å². The molecule has 0 saturated heterocycles. The smallest absolute Gasteiger partial charge is 0.271 e. The molecule has 0 amide bonds. The fraction of sp³-hybridized carbons (Fsp3) is 0.286. The Morgan fingerprint density at radius 1 is 1.13 bits per heavy atom. The van der Waals surface area contributed by atoms with Gasteiger partial charge in [0, 0.05) is 17.8 Å². The molecule has 31 heavy (non-hydrogen) atoms. The van der Waals surface area contributed by atoms with Crippen molar-refractivity contribution in [3.05, 3.63) is 81.7 Å². The summed E-state index contributed by atoms with van der Waals surface area (Å²) in [7, 11) is -4.08. The van der Waals surface area contributed by atoms with Crippen molar-refractivity contribution in [2.45, 2.75) is 38.3 Å². The lowest BCUT2D eigenvalue weighted by Gasteiger charge is -2.27. The Balaban J connectivity index is 1.99. The van der Waals surface area contributed by atoms with E-state index in [1.54, 1.807) is 16.8 Å². The van der Waals surface area contributed by atoms with E-state index in [9.17, 15) is 23.6 Å². The van der Waals surface area contributed by atoms with Crippen molar-refractivity contribution in [1.29, 1.82) is 0 Å². The molecule has 0 saturated carbocycles. The van der Waals surface area contributed by atoms with Crippen LogP contribution in [0.1, 0.15) is 17.0 Å². The molecule has 10 heteroatoms. The molecule has 3 aromatic rings. The SMILES string of the molecule is Cc1ccc(S(=O)(=O)N(CC(O)Cn2nc(C)cc2C)c2cccc([N+](=O)[O-])c2)cc1. The first-order valence-corrected chi connectivity index (χ1v) is 11.0. The molecule has 1 atom stereocenters. The molecule has 0 aliphatic rings. The minimum atomic E-state index is -4.08. The molecule has 1 unspecified atom stereocenters. The molecule has 1 aromatic heterocycles. The zero-order valence-corrected chi connectivity index (χ0v) is 18.3. The fourth-order valence-corrected chi connectivity index (χ4v) is 4.74. The van der Waals surface area contributed by atoms with Gasteiger partial charge in [0.1, 0.15) is 0 Å². The van der Waals surface area contributed by atoms with Gasteiger partial charge in [0.25, 0.3) is 15.7 Å². The third-order valence-electron chi connectivity index (χ3n) is 4.80. The second-order valence-corrected chi connectivity index (χ2v) is 9.25. The van der Waals surface area contributed by atoms with Crippen LogP contribution in [0.3, 0.4) is 0 Å². The molecule has 3 rings (SSSR count). The van der Waals surface area contributed by atoms with E-state index in [1.807, 2.05) is 26.8 Å². The molecule has 0 fully saturated rings. The lowest BCUT2D eigenvalue weighted by Crippen LogP contribution is -2.39. The predicted octanol–water partition coefficient (Wildman–Crippen LogP) is 2.97. The summed E-state index contributed by atoms with van der Waals surface area (Å²) in [5.74, 6) is 0. The number of nitro benzene ring substituents is 1. The highest BCUT2D eigenvalue weighted by molar-refractivity contribution is 7.92. The van der Waals surface area contributed by atoms with Gasteiger partial charge in [-0.05, 0) is 45.0 Å². The molecule has 0 aliphatic carbocycles. The van der Waals surface area contributed by atoms with Crippen LogP contribution in [0.4, 0.5) is 11.4 Å². The van der Waals surface area contributed by atoms with Crippen molar-refractivity contribution in [2.75, 3.05) is 10.8 Å². The maximum absolute atomic E-state index is 13.4. The maximum Gasteiger partial charge on any atom is 0.271 e. The summed E-state index contributed by atoms with van der Waals surface area (Å²) in [6.45, 7) is 5.29. The predicted molar refractivity (Wildman–Crippen MR) is 117 cm³/mol. The number of aryl methyl sites for hydroxylation is 3. The molecule has 1 heterocycles. The molecular weight excluding hydrogens is 420 g/mol. The third kappa shape index (κ3) is 5.09. The van der Waals surface area contributed by atoms with Crippen molar-refractivity contribution in [1.82, 2.24) is 9.78 Å². The first-order chi connectivity index (χ1) is 14.6. The standard InChI is InChI=1S/C21H24N4O5S/c1-15-7-9-21(10-8-15)31(29,30)24(18-5-4-6-19(12-18)25(27)28)14-20(26)13-23-17(3)11-16(2)22-23/h4-12,20,26H,13-14H2,1-3H3. The van der Waals surface area contributed by atoms with E-state index in [2.05, 4.69) is 5.10 Å². The van der Waals surface area contributed by atoms with E-state index in [-0.39, 0.29) is 29.4 Å². The summed E-state index contributed by atoms with van der Waals surface area (Å²) in [6, 6.07) is 13.5. The first kappa shape index (κ1) is 22.4. The van der Waals surface area contributed by atoms with Crippen LogP contribution in [0, 0.1) is 30.9 Å². The molecule has 164 valence electrons. The summed E-state index contributed by atoms with van der Waals surface area (Å²) < 4.78 is 29.4. The molecule has 1 N–H and O–H groups in total. The van der Waals surface area contributed by atoms with Crippen LogP contribution in [0.15, 0.2) is 59.5 Å². The first-order valence-electron chi connectivity index (χ1n) is 9.61. The highest BCUT2D eigenvalue weighted by atomic mass is 32.2. The number of aliphatic hydroxyl groups is 1. The van der Waals surface area contributed by atoms with Gasteiger partial charge >= 0.3 is 0 Å². The topological polar surface area (TPSA) is 119 Å². The summed E-state index contributed by atoms with van der Waals surface area (Å²) in [4.78, 5) is 10.7. The van der Waals surface area contributed by atoms with Crippen molar-refractivity contribution >= 4 is 21.4 Å². The number of nitro groups is 1. The second-order valence-electron chi connectivity index (χ2n) is 7.39. The van der Waals surface area contributed by atoms with Crippen LogP contribution in [0.25, 0.3) is 0 Å². The molecular formula is C21H24N4O5S. The van der Waals surface area contributed by atoms with Crippen LogP contribution in [-0.2, 0) is 16.6 Å². The zero-order chi connectivity index (χ0) is 22.8. The van der Waals surface area contributed by atoms with Crippen molar-refractivity contribution in [3.63, 3.8) is 0 Å². The number of non-ortho nitro benzene ring substituents is 1. The number of sulfonamides is 1. The van der Waals surface area contributed by atoms with Crippen LogP contribution in [0.2, 0.25) is 0 Å². The highest BCUT2D eigenvalue weighted by Gasteiger charge is 2.28. The van der Waals surface area contributed by atoms with E-state index in [4.69, 9.17) is 0 Å². The Morgan fingerprint density at radius 3 is 2.39 bits per heavy atom. The highest BCUT2D eigenvalue weighted by Crippen LogP contribution is 2.27. The number of rotatable bonds is 8. The normalized spacial score (nSPS) is 12.5. The average molecular weight is 445 g/mol. The van der Waals surface area contributed by atoms with Gasteiger partial charge in [-0.15, -0.1) is 0 Å². The average Bonchev–Trinajstić information content (AvgIpc) is 3.03. The molecule has 9 nitrogen and oxygen atoms in total. The van der Waals surface area contributed by atoms with Crippen LogP contribution in [0.5, 0.6) is 0 Å². The third-order valence-corrected chi connectivity index (χ3v) is 6.61. The fourth-order valence-electron chi connectivity index (χ4n) is 3.25.